The van der Waals surface area contributed by atoms with Crippen molar-refractivity contribution < 1.29 is 37.6 Å². The molecule has 2 unspecified atom stereocenters. The fraction of sp³-hybridized carbons (Fsp3) is 0.719. The number of hydrogen-bond donors (Lipinski definition) is 2. The van der Waals surface area contributed by atoms with Gasteiger partial charge in [0.1, 0.15) is 6.61 Å². The highest BCUT2D eigenvalue weighted by Gasteiger charge is 2.26. The van der Waals surface area contributed by atoms with E-state index in [1.807, 2.05) is 0 Å². The van der Waals surface area contributed by atoms with E-state index in [1.54, 1.807) is 0 Å². The summed E-state index contributed by atoms with van der Waals surface area (Å²) in [5, 5.41) is 0. The summed E-state index contributed by atoms with van der Waals surface area (Å²) < 4.78 is 33.0. The SMILES string of the molecule is CC/C=C\C/C=C\C/C=C\C/C=C\C/C=C\CCCCCCCCCCCC(=O)OC(COC(=O)CCCCCCCCCCC/C=C\C/C=C\CCCCCCC)COP(=O)(O)OCCN. The second-order valence-electron chi connectivity index (χ2n) is 17.7. The molecule has 0 fully saturated rings. The first-order valence-electron chi connectivity index (χ1n) is 27.1. The molecule has 9 nitrogen and oxygen atoms in total. The van der Waals surface area contributed by atoms with Gasteiger partial charge in [0.15, 0.2) is 6.10 Å². The number of carbonyl (C=O) groups is 2. The Morgan fingerprint density at radius 2 is 0.821 bits per heavy atom. The minimum atomic E-state index is -4.39. The highest BCUT2D eigenvalue weighted by molar-refractivity contribution is 7.47. The van der Waals surface area contributed by atoms with E-state index in [9.17, 15) is 19.0 Å². The van der Waals surface area contributed by atoms with Crippen LogP contribution in [0.1, 0.15) is 232 Å². The minimum absolute atomic E-state index is 0.0480. The zero-order valence-electron chi connectivity index (χ0n) is 42.9. The average molecular weight is 958 g/mol. The van der Waals surface area contributed by atoms with Crippen molar-refractivity contribution in [2.24, 2.45) is 5.73 Å². The Kier molecular flexibility index (Phi) is 50.4. The van der Waals surface area contributed by atoms with Crippen molar-refractivity contribution in [3.63, 3.8) is 0 Å². The van der Waals surface area contributed by atoms with Crippen LogP contribution < -0.4 is 5.73 Å². The molecule has 0 heterocycles. The molecule has 0 aliphatic heterocycles. The van der Waals surface area contributed by atoms with Crippen LogP contribution in [0.5, 0.6) is 0 Å². The maximum atomic E-state index is 12.7. The summed E-state index contributed by atoms with van der Waals surface area (Å²) in [6, 6.07) is 0. The molecule has 0 aromatic carbocycles. The van der Waals surface area contributed by atoms with Gasteiger partial charge in [0.05, 0.1) is 13.2 Å². The van der Waals surface area contributed by atoms with Crippen LogP contribution in [-0.4, -0.2) is 49.3 Å². The molecular weight excluding hydrogens is 858 g/mol. The number of esters is 2. The van der Waals surface area contributed by atoms with Gasteiger partial charge in [-0.15, -0.1) is 0 Å². The van der Waals surface area contributed by atoms with Crippen molar-refractivity contribution >= 4 is 19.8 Å². The van der Waals surface area contributed by atoms with Crippen LogP contribution >= 0.6 is 7.82 Å². The van der Waals surface area contributed by atoms with E-state index in [1.165, 1.54) is 103 Å². The highest BCUT2D eigenvalue weighted by Crippen LogP contribution is 2.43. The molecule has 0 aromatic heterocycles. The predicted octanol–water partition coefficient (Wildman–Crippen LogP) is 16.7. The predicted molar refractivity (Wildman–Crippen MR) is 284 cm³/mol. The second kappa shape index (κ2) is 52.6. The fourth-order valence-corrected chi connectivity index (χ4v) is 8.05. The fourth-order valence-electron chi connectivity index (χ4n) is 7.28. The third-order valence-electron chi connectivity index (χ3n) is 11.3. The van der Waals surface area contributed by atoms with Gasteiger partial charge in [-0.3, -0.25) is 18.6 Å². The van der Waals surface area contributed by atoms with E-state index in [4.69, 9.17) is 24.3 Å². The largest absolute Gasteiger partial charge is 0.472 e. The summed E-state index contributed by atoms with van der Waals surface area (Å²) in [7, 11) is -4.39. The van der Waals surface area contributed by atoms with Crippen molar-refractivity contribution in [3.05, 3.63) is 85.1 Å². The van der Waals surface area contributed by atoms with Crippen molar-refractivity contribution in [3.8, 4) is 0 Å². The van der Waals surface area contributed by atoms with Gasteiger partial charge in [0.25, 0.3) is 0 Å². The van der Waals surface area contributed by atoms with E-state index in [-0.39, 0.29) is 38.6 Å². The van der Waals surface area contributed by atoms with Crippen molar-refractivity contribution in [1.29, 1.82) is 0 Å². The Hall–Kier alpha value is -2.81. The molecule has 0 spiro atoms. The second-order valence-corrected chi connectivity index (χ2v) is 19.2. The summed E-state index contributed by atoms with van der Waals surface area (Å²) in [6.45, 7) is 3.61. The number of hydrogen-bond acceptors (Lipinski definition) is 8. The van der Waals surface area contributed by atoms with Crippen LogP contribution in [0.4, 0.5) is 0 Å². The third kappa shape index (κ3) is 52.4. The lowest BCUT2D eigenvalue weighted by Crippen LogP contribution is -2.29. The number of ether oxygens (including phenoxy) is 2. The van der Waals surface area contributed by atoms with E-state index in [2.05, 4.69) is 98.9 Å². The molecule has 0 rings (SSSR count). The third-order valence-corrected chi connectivity index (χ3v) is 12.2. The summed E-state index contributed by atoms with van der Waals surface area (Å²) >= 11 is 0. The number of unbranched alkanes of at least 4 members (excludes halogenated alkanes) is 23. The minimum Gasteiger partial charge on any atom is -0.462 e. The number of carbonyl (C=O) groups excluding carboxylic acids is 2. The van der Waals surface area contributed by atoms with E-state index in [0.717, 1.165) is 96.3 Å². The Morgan fingerprint density at radius 3 is 1.22 bits per heavy atom. The Labute approximate surface area is 411 Å². The first-order chi connectivity index (χ1) is 32.8. The van der Waals surface area contributed by atoms with Crippen LogP contribution in [0.2, 0.25) is 0 Å². The molecule has 0 aliphatic carbocycles. The number of phosphoric ester groups is 1. The van der Waals surface area contributed by atoms with E-state index in [0.29, 0.717) is 6.42 Å². The molecule has 0 bridgehead atoms. The molecule has 0 aromatic rings. The Morgan fingerprint density at radius 1 is 0.463 bits per heavy atom. The van der Waals surface area contributed by atoms with Crippen LogP contribution in [0.25, 0.3) is 0 Å². The van der Waals surface area contributed by atoms with Gasteiger partial charge >= 0.3 is 19.8 Å². The monoisotopic (exact) mass is 958 g/mol. The quantitative estimate of drug-likeness (QED) is 0.0264. The maximum Gasteiger partial charge on any atom is 0.472 e. The van der Waals surface area contributed by atoms with Gasteiger partial charge < -0.3 is 20.1 Å². The van der Waals surface area contributed by atoms with E-state index < -0.39 is 26.5 Å². The molecule has 0 saturated carbocycles. The maximum absolute atomic E-state index is 12.7. The van der Waals surface area contributed by atoms with Crippen LogP contribution in [-0.2, 0) is 32.7 Å². The van der Waals surface area contributed by atoms with Crippen molar-refractivity contribution in [2.45, 2.75) is 238 Å². The number of allylic oxidation sites excluding steroid dienone is 14. The standard InChI is InChI=1S/C57H100NO8P/c1-3-5-7-9-11-13-15-17-19-21-23-25-26-27-28-30-32-34-36-38-40-42-44-46-48-50-57(60)66-55(54-65-67(61,62)64-52-51-58)53-63-56(59)49-47-45-43-41-39-37-35-33-31-29-24-22-20-18-16-14-12-10-8-6-4-2/h5,7,11,13,16-19,22-25,27-28,55H,3-4,6,8-10,12,14-15,20-21,26,29-54,58H2,1-2H3,(H,61,62)/b7-5-,13-11-,18-16-,19-17-,24-22-,25-23-,28-27-. The molecule has 0 amide bonds. The van der Waals surface area contributed by atoms with Gasteiger partial charge in [-0.05, 0) is 89.9 Å². The van der Waals surface area contributed by atoms with Crippen molar-refractivity contribution in [2.75, 3.05) is 26.4 Å². The first-order valence-corrected chi connectivity index (χ1v) is 28.6. The normalized spacial score (nSPS) is 13.8. The van der Waals surface area contributed by atoms with Gasteiger partial charge in [-0.25, -0.2) is 4.57 Å². The Balaban J connectivity index is 4.06. The summed E-state index contributed by atoms with van der Waals surface area (Å²) in [4.78, 5) is 35.1. The summed E-state index contributed by atoms with van der Waals surface area (Å²) in [5.74, 6) is -0.840. The molecule has 0 saturated heterocycles. The lowest BCUT2D eigenvalue weighted by Gasteiger charge is -2.19. The lowest BCUT2D eigenvalue weighted by atomic mass is 10.1. The van der Waals surface area contributed by atoms with E-state index >= 15 is 0 Å². The highest BCUT2D eigenvalue weighted by atomic mass is 31.2. The van der Waals surface area contributed by atoms with Crippen molar-refractivity contribution in [1.82, 2.24) is 0 Å². The van der Waals surface area contributed by atoms with Crippen LogP contribution in [0.15, 0.2) is 85.1 Å². The van der Waals surface area contributed by atoms with Gasteiger partial charge in [-0.1, -0.05) is 214 Å². The average Bonchev–Trinajstić information content (AvgIpc) is 3.32. The number of phosphoric acid groups is 1. The zero-order valence-corrected chi connectivity index (χ0v) is 43.8. The first kappa shape index (κ1) is 64.2. The molecule has 10 heteroatoms. The molecule has 0 aliphatic rings. The molecule has 0 radical (unpaired) electrons. The topological polar surface area (TPSA) is 134 Å². The number of nitrogens with two attached hydrogens (primary N) is 1. The summed E-state index contributed by atoms with van der Waals surface area (Å²) in [5.41, 5.74) is 5.37. The van der Waals surface area contributed by atoms with Gasteiger partial charge in [0.2, 0.25) is 0 Å². The summed E-state index contributed by atoms with van der Waals surface area (Å²) in [6.07, 6.45) is 67.6. The zero-order chi connectivity index (χ0) is 48.8. The van der Waals surface area contributed by atoms with Crippen LogP contribution in [0.3, 0.4) is 0 Å². The Bertz CT molecular complexity index is 1370. The smallest absolute Gasteiger partial charge is 0.462 e. The molecule has 2 atom stereocenters. The molecular formula is C57H100NO8P. The molecule has 3 N–H and O–H groups in total. The molecule has 386 valence electrons. The van der Waals surface area contributed by atoms with Gasteiger partial charge in [-0.2, -0.15) is 0 Å². The lowest BCUT2D eigenvalue weighted by molar-refractivity contribution is -0.161. The molecule has 67 heavy (non-hydrogen) atoms. The van der Waals surface area contributed by atoms with Crippen LogP contribution in [0, 0.1) is 0 Å². The number of rotatable bonds is 50. The van der Waals surface area contributed by atoms with Gasteiger partial charge in [0, 0.05) is 19.4 Å².